The molecule has 1 fully saturated rings. The summed E-state index contributed by atoms with van der Waals surface area (Å²) in [4.78, 5) is 41.3. The van der Waals surface area contributed by atoms with Crippen molar-refractivity contribution in [3.8, 4) is 0 Å². The van der Waals surface area contributed by atoms with Gasteiger partial charge in [0.05, 0.1) is 25.9 Å². The lowest BCUT2D eigenvalue weighted by Gasteiger charge is -2.49. The number of rotatable bonds is 39. The van der Waals surface area contributed by atoms with E-state index < -0.39 is 23.5 Å². The van der Waals surface area contributed by atoms with Crippen molar-refractivity contribution in [1.82, 2.24) is 4.90 Å². The van der Waals surface area contributed by atoms with Crippen LogP contribution in [0.3, 0.4) is 0 Å². The Morgan fingerprint density at radius 1 is 0.656 bits per heavy atom. The fourth-order valence-electron chi connectivity index (χ4n) is 8.89. The highest BCUT2D eigenvalue weighted by Crippen LogP contribution is 2.40. The molecular formula is C52H95NO8. The molecule has 356 valence electrons. The summed E-state index contributed by atoms with van der Waals surface area (Å²) in [6.07, 6.45) is 33.0. The summed E-state index contributed by atoms with van der Waals surface area (Å²) < 4.78 is 24.9. The van der Waals surface area contributed by atoms with E-state index in [1.807, 2.05) is 14.0 Å². The Labute approximate surface area is 374 Å². The van der Waals surface area contributed by atoms with Gasteiger partial charge >= 0.3 is 17.9 Å². The van der Waals surface area contributed by atoms with Crippen molar-refractivity contribution in [2.24, 2.45) is 23.2 Å². The number of piperidine rings is 1. The van der Waals surface area contributed by atoms with Crippen LogP contribution >= 0.6 is 0 Å². The first kappa shape index (κ1) is 56.8. The third-order valence-corrected chi connectivity index (χ3v) is 12.9. The minimum Gasteiger partial charge on any atom is -0.481 e. The highest BCUT2D eigenvalue weighted by molar-refractivity contribution is 5.77. The summed E-state index contributed by atoms with van der Waals surface area (Å²) in [6, 6.07) is -0.392. The van der Waals surface area contributed by atoms with Gasteiger partial charge in [0, 0.05) is 18.8 Å². The number of ether oxygens (including phenoxy) is 4. The molecule has 1 saturated heterocycles. The Morgan fingerprint density at radius 3 is 1.72 bits per heavy atom. The number of hydrogen-bond donors (Lipinski definition) is 1. The number of nitrogens with zero attached hydrogens (tertiary/aromatic N) is 1. The first-order valence-corrected chi connectivity index (χ1v) is 25.3. The van der Waals surface area contributed by atoms with Crippen LogP contribution in [0.4, 0.5) is 0 Å². The number of carboxylic acids is 1. The summed E-state index contributed by atoms with van der Waals surface area (Å²) in [6.45, 7) is 16.9. The Morgan fingerprint density at radius 2 is 1.18 bits per heavy atom. The predicted octanol–water partition coefficient (Wildman–Crippen LogP) is 13.4. The lowest BCUT2D eigenvalue weighted by Crippen LogP contribution is -2.62. The van der Waals surface area contributed by atoms with Gasteiger partial charge in [-0.2, -0.15) is 0 Å². The van der Waals surface area contributed by atoms with E-state index in [0.717, 1.165) is 103 Å². The van der Waals surface area contributed by atoms with Crippen LogP contribution in [0.1, 0.15) is 215 Å². The molecule has 0 aromatic rings. The maximum Gasteiger partial charge on any atom is 0.313 e. The molecule has 1 N–H and O–H groups in total. The van der Waals surface area contributed by atoms with Gasteiger partial charge in [0.2, 0.25) is 0 Å². The second kappa shape index (κ2) is 36.1. The normalized spacial score (nSPS) is 19.2. The quantitative estimate of drug-likeness (QED) is 0.0279. The zero-order valence-corrected chi connectivity index (χ0v) is 40.7. The van der Waals surface area contributed by atoms with E-state index in [1.54, 1.807) is 6.92 Å². The van der Waals surface area contributed by atoms with Crippen LogP contribution in [0.5, 0.6) is 0 Å². The van der Waals surface area contributed by atoms with E-state index in [-0.39, 0.29) is 37.2 Å². The zero-order valence-electron chi connectivity index (χ0n) is 40.7. The molecule has 0 aromatic heterocycles. The number of likely N-dealkylation sites (N-methyl/N-ethyl adjacent to an activating group) is 1. The van der Waals surface area contributed by atoms with E-state index in [4.69, 9.17) is 18.9 Å². The number of hydrogen-bond acceptors (Lipinski definition) is 8. The molecule has 0 bridgehead atoms. The maximum absolute atomic E-state index is 13.5. The lowest BCUT2D eigenvalue weighted by atomic mass is 9.70. The van der Waals surface area contributed by atoms with Gasteiger partial charge in [-0.25, -0.2) is 0 Å². The van der Waals surface area contributed by atoms with Crippen molar-refractivity contribution in [1.29, 1.82) is 0 Å². The molecule has 1 rings (SSSR count). The van der Waals surface area contributed by atoms with E-state index in [2.05, 4.69) is 63.8 Å². The summed E-state index contributed by atoms with van der Waals surface area (Å²) >= 11 is 0. The van der Waals surface area contributed by atoms with Crippen LogP contribution < -0.4 is 0 Å². The minimum absolute atomic E-state index is 0.171. The van der Waals surface area contributed by atoms with Gasteiger partial charge < -0.3 is 24.1 Å². The van der Waals surface area contributed by atoms with Crippen molar-refractivity contribution < 1.29 is 38.4 Å². The number of carbonyl (C=O) groups excluding carboxylic acids is 2. The first-order chi connectivity index (χ1) is 29.5. The van der Waals surface area contributed by atoms with E-state index >= 15 is 0 Å². The van der Waals surface area contributed by atoms with Crippen LogP contribution in [0.2, 0.25) is 0 Å². The van der Waals surface area contributed by atoms with Gasteiger partial charge in [0.15, 0.2) is 6.29 Å². The largest absolute Gasteiger partial charge is 0.481 e. The molecule has 4 atom stereocenters. The van der Waals surface area contributed by atoms with Gasteiger partial charge in [-0.3, -0.25) is 19.3 Å². The molecule has 0 aliphatic carbocycles. The molecule has 4 unspecified atom stereocenters. The van der Waals surface area contributed by atoms with E-state index in [0.29, 0.717) is 63.7 Å². The number of carboxylic acid groups (broad SMARTS) is 1. The SMILES string of the molecule is CCCCC/C=C\C/C=C\CCCCCCCC(=O)OCC(CC)C1C(OC(=O)CCCCC(OCC(CCC)CCC)OCC(CCC)CCC)C(C)(C(=O)O)CCN1C. The molecule has 0 saturated carbocycles. The molecule has 0 amide bonds. The van der Waals surface area contributed by atoms with E-state index in [1.165, 1.54) is 25.7 Å². The molecule has 61 heavy (non-hydrogen) atoms. The second-order valence-electron chi connectivity index (χ2n) is 18.4. The van der Waals surface area contributed by atoms with Crippen molar-refractivity contribution >= 4 is 17.9 Å². The summed E-state index contributed by atoms with van der Waals surface area (Å²) in [5.41, 5.74) is -1.25. The Hall–Kier alpha value is -2.23. The van der Waals surface area contributed by atoms with Crippen LogP contribution in [0.25, 0.3) is 0 Å². The van der Waals surface area contributed by atoms with Crippen LogP contribution in [-0.2, 0) is 33.3 Å². The number of aliphatic carboxylic acids is 1. The molecule has 0 spiro atoms. The summed E-state index contributed by atoms with van der Waals surface area (Å²) in [7, 11) is 1.96. The Kier molecular flexibility index (Phi) is 33.6. The third kappa shape index (κ3) is 25.0. The van der Waals surface area contributed by atoms with Crippen molar-refractivity contribution in [2.75, 3.05) is 33.4 Å². The van der Waals surface area contributed by atoms with Gasteiger partial charge in [-0.15, -0.1) is 0 Å². The molecule has 0 aromatic carbocycles. The average molecular weight is 862 g/mol. The molecule has 1 aliphatic heterocycles. The number of allylic oxidation sites excluding steroid dienone is 4. The highest BCUT2D eigenvalue weighted by Gasteiger charge is 2.54. The van der Waals surface area contributed by atoms with Crippen molar-refractivity contribution in [3.63, 3.8) is 0 Å². The molecule has 9 nitrogen and oxygen atoms in total. The van der Waals surface area contributed by atoms with Crippen molar-refractivity contribution in [2.45, 2.75) is 234 Å². The predicted molar refractivity (Wildman–Crippen MR) is 252 cm³/mol. The van der Waals surface area contributed by atoms with Gasteiger partial charge in [0.25, 0.3) is 0 Å². The summed E-state index contributed by atoms with van der Waals surface area (Å²) in [5.74, 6) is -0.716. The van der Waals surface area contributed by atoms with Crippen molar-refractivity contribution in [3.05, 3.63) is 24.3 Å². The molecular weight excluding hydrogens is 767 g/mol. The smallest absolute Gasteiger partial charge is 0.313 e. The lowest BCUT2D eigenvalue weighted by molar-refractivity contribution is -0.187. The van der Waals surface area contributed by atoms with Crippen LogP contribution in [0.15, 0.2) is 24.3 Å². The average Bonchev–Trinajstić information content (AvgIpc) is 3.23. The standard InChI is InChI=1S/C52H95NO8/c1-9-15-16-17-18-19-20-21-22-23-24-25-26-27-28-35-46(54)58-42-45(14-6)49-50(52(7,51(56)57)38-39-53(49)8)61-47(55)36-29-30-37-48(59-40-43(31-10-2)32-11-3)60-41-44(33-12-4)34-13-5/h18-19,21-22,43-45,48-50H,9-17,20,23-42H2,1-8H3,(H,56,57)/b19-18-,22-21-. The number of unbranched alkanes of at least 4 members (excludes halogenated alkanes) is 9. The number of carbonyl (C=O) groups is 3. The highest BCUT2D eigenvalue weighted by atomic mass is 16.7. The molecule has 0 radical (unpaired) electrons. The molecule has 1 aliphatic rings. The fraction of sp³-hybridized carbons (Fsp3) is 0.865. The molecule has 1 heterocycles. The Balaban J connectivity index is 2.72. The number of esters is 2. The van der Waals surface area contributed by atoms with Gasteiger partial charge in [-0.1, -0.05) is 124 Å². The second-order valence-corrected chi connectivity index (χ2v) is 18.4. The van der Waals surface area contributed by atoms with Gasteiger partial charge in [-0.05, 0) is 129 Å². The fourth-order valence-corrected chi connectivity index (χ4v) is 8.89. The van der Waals surface area contributed by atoms with Crippen LogP contribution in [-0.4, -0.2) is 79.8 Å². The molecule has 9 heteroatoms. The summed E-state index contributed by atoms with van der Waals surface area (Å²) in [5, 5.41) is 10.5. The van der Waals surface area contributed by atoms with Gasteiger partial charge in [0.1, 0.15) is 11.5 Å². The Bertz CT molecular complexity index is 1140. The van der Waals surface area contributed by atoms with Crippen LogP contribution in [0, 0.1) is 23.2 Å². The first-order valence-electron chi connectivity index (χ1n) is 25.3. The minimum atomic E-state index is -1.25. The van der Waals surface area contributed by atoms with E-state index in [9.17, 15) is 19.5 Å². The number of likely N-dealkylation sites (tertiary alicyclic amines) is 1. The zero-order chi connectivity index (χ0) is 45.1. The maximum atomic E-state index is 13.5. The topological polar surface area (TPSA) is 112 Å². The monoisotopic (exact) mass is 862 g/mol. The third-order valence-electron chi connectivity index (χ3n) is 12.9.